The summed E-state index contributed by atoms with van der Waals surface area (Å²) in [7, 11) is 1.34. The minimum absolute atomic E-state index is 0.255. The first-order chi connectivity index (χ1) is 14.1. The van der Waals surface area contributed by atoms with Crippen molar-refractivity contribution in [2.75, 3.05) is 7.11 Å². The van der Waals surface area contributed by atoms with E-state index in [0.29, 0.717) is 19.3 Å². The molecular weight excluding hydrogens is 380 g/mol. The van der Waals surface area contributed by atoms with Crippen LogP contribution in [0.5, 0.6) is 0 Å². The van der Waals surface area contributed by atoms with Gasteiger partial charge in [-0.1, -0.05) is 62.6 Å². The third-order valence-corrected chi connectivity index (χ3v) is 4.63. The van der Waals surface area contributed by atoms with Gasteiger partial charge in [-0.2, -0.15) is 0 Å². The lowest BCUT2D eigenvalue weighted by Gasteiger charge is -2.17. The Balaban J connectivity index is 2.32. The van der Waals surface area contributed by atoms with Crippen LogP contribution in [-0.4, -0.2) is 48.0 Å². The highest BCUT2D eigenvalue weighted by atomic mass is 17.2. The lowest BCUT2D eigenvalue weighted by molar-refractivity contribution is -0.348. The highest BCUT2D eigenvalue weighted by Crippen LogP contribution is 2.24. The molecule has 1 aliphatic rings. The van der Waals surface area contributed by atoms with Gasteiger partial charge in [-0.05, 0) is 19.3 Å². The average molecular weight is 414 g/mol. The van der Waals surface area contributed by atoms with E-state index in [1.54, 1.807) is 0 Å². The molecule has 0 aromatic carbocycles. The van der Waals surface area contributed by atoms with Gasteiger partial charge in [0, 0.05) is 12.8 Å². The summed E-state index contributed by atoms with van der Waals surface area (Å²) in [4.78, 5) is 30.5. The van der Waals surface area contributed by atoms with Gasteiger partial charge in [-0.25, -0.2) is 19.6 Å². The van der Waals surface area contributed by atoms with Crippen molar-refractivity contribution < 1.29 is 39.6 Å². The van der Waals surface area contributed by atoms with E-state index in [-0.39, 0.29) is 24.6 Å². The topological polar surface area (TPSA) is 104 Å². The molecule has 0 aromatic rings. The SMILES string of the molecule is CCCCCC(/C=C/C=C/C=C/C1CC(C(CCCC(=O)OC)OO)OO1)OO. The number of methoxy groups -OCH3 is 1. The predicted molar refractivity (Wildman–Crippen MR) is 107 cm³/mol. The molecule has 1 rings (SSSR count). The molecular formula is C21H34O8. The van der Waals surface area contributed by atoms with E-state index < -0.39 is 12.2 Å². The zero-order valence-electron chi connectivity index (χ0n) is 17.3. The van der Waals surface area contributed by atoms with Crippen LogP contribution in [-0.2, 0) is 29.1 Å². The lowest BCUT2D eigenvalue weighted by Crippen LogP contribution is -2.28. The molecule has 0 amide bonds. The van der Waals surface area contributed by atoms with Crippen molar-refractivity contribution in [3.63, 3.8) is 0 Å². The Morgan fingerprint density at radius 3 is 2.55 bits per heavy atom. The number of hydrogen-bond donors (Lipinski definition) is 2. The van der Waals surface area contributed by atoms with Gasteiger partial charge in [0.05, 0.1) is 7.11 Å². The van der Waals surface area contributed by atoms with Gasteiger partial charge in [-0.15, -0.1) is 0 Å². The van der Waals surface area contributed by atoms with Crippen molar-refractivity contribution >= 4 is 5.97 Å². The van der Waals surface area contributed by atoms with Gasteiger partial charge in [0.1, 0.15) is 24.4 Å². The third kappa shape index (κ3) is 11.3. The molecule has 8 heteroatoms. The van der Waals surface area contributed by atoms with Crippen molar-refractivity contribution in [3.8, 4) is 0 Å². The van der Waals surface area contributed by atoms with E-state index in [1.165, 1.54) is 7.11 Å². The van der Waals surface area contributed by atoms with Gasteiger partial charge in [0.2, 0.25) is 0 Å². The van der Waals surface area contributed by atoms with Crippen molar-refractivity contribution in [2.45, 2.75) is 82.7 Å². The van der Waals surface area contributed by atoms with Crippen LogP contribution < -0.4 is 0 Å². The average Bonchev–Trinajstić information content (AvgIpc) is 3.20. The molecule has 4 atom stereocenters. The molecule has 8 nitrogen and oxygen atoms in total. The van der Waals surface area contributed by atoms with Crippen molar-refractivity contribution in [1.29, 1.82) is 0 Å². The van der Waals surface area contributed by atoms with Gasteiger partial charge < -0.3 is 4.74 Å². The number of allylic oxidation sites excluding steroid dienone is 4. The van der Waals surface area contributed by atoms with Crippen LogP contribution in [0.25, 0.3) is 0 Å². The number of rotatable bonds is 15. The van der Waals surface area contributed by atoms with Gasteiger partial charge in [0.25, 0.3) is 0 Å². The Kier molecular flexibility index (Phi) is 14.3. The first-order valence-electron chi connectivity index (χ1n) is 10.2. The van der Waals surface area contributed by atoms with Gasteiger partial charge in [-0.3, -0.25) is 15.3 Å². The number of ether oxygens (including phenoxy) is 1. The maximum atomic E-state index is 11.1. The summed E-state index contributed by atoms with van der Waals surface area (Å²) in [5, 5.41) is 18.0. The van der Waals surface area contributed by atoms with Crippen molar-refractivity contribution in [2.24, 2.45) is 0 Å². The second-order valence-electron chi connectivity index (χ2n) is 6.91. The molecule has 166 valence electrons. The largest absolute Gasteiger partial charge is 0.469 e. The van der Waals surface area contributed by atoms with Gasteiger partial charge in [0.15, 0.2) is 0 Å². The number of hydrogen-bond acceptors (Lipinski definition) is 8. The number of unbranched alkanes of at least 4 members (excludes halogenated alkanes) is 2. The molecule has 4 unspecified atom stereocenters. The van der Waals surface area contributed by atoms with E-state index in [1.807, 2.05) is 36.5 Å². The van der Waals surface area contributed by atoms with Crippen LogP contribution in [0.15, 0.2) is 36.5 Å². The fraction of sp³-hybridized carbons (Fsp3) is 0.667. The highest BCUT2D eigenvalue weighted by Gasteiger charge is 2.33. The third-order valence-electron chi connectivity index (χ3n) is 4.63. The molecule has 0 saturated carbocycles. The summed E-state index contributed by atoms with van der Waals surface area (Å²) in [6.07, 6.45) is 15.2. The van der Waals surface area contributed by atoms with Crippen LogP contribution in [0, 0.1) is 0 Å². The predicted octanol–water partition coefficient (Wildman–Crippen LogP) is 4.38. The summed E-state index contributed by atoms with van der Waals surface area (Å²) < 4.78 is 4.58. The molecule has 0 radical (unpaired) electrons. The second-order valence-corrected chi connectivity index (χ2v) is 6.91. The summed E-state index contributed by atoms with van der Waals surface area (Å²) in [5.41, 5.74) is 0. The smallest absolute Gasteiger partial charge is 0.305 e. The van der Waals surface area contributed by atoms with Crippen LogP contribution in [0.4, 0.5) is 0 Å². The maximum absolute atomic E-state index is 11.1. The summed E-state index contributed by atoms with van der Waals surface area (Å²) in [6, 6.07) is 0. The molecule has 0 spiro atoms. The van der Waals surface area contributed by atoms with E-state index in [4.69, 9.17) is 20.3 Å². The quantitative estimate of drug-likeness (QED) is 0.134. The molecule has 0 aliphatic carbocycles. The highest BCUT2D eigenvalue weighted by molar-refractivity contribution is 5.68. The number of carbonyl (C=O) groups is 1. The van der Waals surface area contributed by atoms with E-state index in [0.717, 1.165) is 25.7 Å². The second kappa shape index (κ2) is 16.3. The molecule has 29 heavy (non-hydrogen) atoms. The molecule has 0 aromatic heterocycles. The van der Waals surface area contributed by atoms with E-state index >= 15 is 0 Å². The fourth-order valence-corrected chi connectivity index (χ4v) is 2.91. The van der Waals surface area contributed by atoms with Crippen molar-refractivity contribution in [1.82, 2.24) is 0 Å². The summed E-state index contributed by atoms with van der Waals surface area (Å²) >= 11 is 0. The molecule has 1 aliphatic heterocycles. The Labute approximate surface area is 172 Å². The number of esters is 1. The molecule has 1 heterocycles. The Hall–Kier alpha value is -1.55. The van der Waals surface area contributed by atoms with Crippen molar-refractivity contribution in [3.05, 3.63) is 36.5 Å². The monoisotopic (exact) mass is 414 g/mol. The standard InChI is InChI=1S/C21H34O8/c1-3-4-7-11-17(26-23)12-8-5-6-9-13-18-16-20(29-28-18)19(27-24)14-10-15-21(22)25-2/h5-6,8-9,12-13,17-20,23-24H,3-4,7,10-11,14-16H2,1-2H3/b6-5+,12-8+,13-9+. The maximum Gasteiger partial charge on any atom is 0.305 e. The van der Waals surface area contributed by atoms with E-state index in [2.05, 4.69) is 21.4 Å². The molecule has 0 bridgehead atoms. The molecule has 1 fully saturated rings. The van der Waals surface area contributed by atoms with Crippen LogP contribution in [0.1, 0.15) is 58.3 Å². The first kappa shape index (κ1) is 25.5. The number of carbonyl (C=O) groups excluding carboxylic acids is 1. The van der Waals surface area contributed by atoms with Gasteiger partial charge >= 0.3 is 5.97 Å². The zero-order chi connectivity index (χ0) is 21.3. The fourth-order valence-electron chi connectivity index (χ4n) is 2.91. The summed E-state index contributed by atoms with van der Waals surface area (Å²) in [6.45, 7) is 2.13. The minimum Gasteiger partial charge on any atom is -0.469 e. The van der Waals surface area contributed by atoms with E-state index in [9.17, 15) is 4.79 Å². The zero-order valence-corrected chi connectivity index (χ0v) is 17.3. The van der Waals surface area contributed by atoms with Crippen LogP contribution in [0.3, 0.4) is 0 Å². The Bertz CT molecular complexity index is 517. The Morgan fingerprint density at radius 2 is 1.86 bits per heavy atom. The minimum atomic E-state index is -0.570. The first-order valence-corrected chi connectivity index (χ1v) is 10.2. The normalized spacial score (nSPS) is 22.1. The lowest BCUT2D eigenvalue weighted by atomic mass is 10.0. The summed E-state index contributed by atoms with van der Waals surface area (Å²) in [5.74, 6) is -0.301. The molecule has 2 N–H and O–H groups in total. The molecule has 1 saturated heterocycles. The Morgan fingerprint density at radius 1 is 1.07 bits per heavy atom. The van der Waals surface area contributed by atoms with Crippen LogP contribution >= 0.6 is 0 Å². The van der Waals surface area contributed by atoms with Crippen LogP contribution in [0.2, 0.25) is 0 Å².